The molecule has 120 valence electrons. The fourth-order valence-corrected chi connectivity index (χ4v) is 3.25. The minimum Gasteiger partial charge on any atom is -0.356 e. The van der Waals surface area contributed by atoms with Crippen LogP contribution in [0.2, 0.25) is 0 Å². The van der Waals surface area contributed by atoms with Crippen molar-refractivity contribution in [2.75, 3.05) is 54.0 Å². The van der Waals surface area contributed by atoms with Gasteiger partial charge < -0.3 is 14.7 Å². The first-order valence-corrected chi connectivity index (χ1v) is 8.23. The second-order valence-corrected chi connectivity index (χ2v) is 5.97. The van der Waals surface area contributed by atoms with Crippen LogP contribution in [-0.4, -0.2) is 59.2 Å². The number of anilines is 3. The predicted octanol–water partition coefficient (Wildman–Crippen LogP) is 1.19. The predicted molar refractivity (Wildman–Crippen MR) is 89.9 cm³/mol. The Hall–Kier alpha value is -2.44. The number of rotatable bonds is 3. The maximum atomic E-state index is 4.47. The molecule has 0 amide bonds. The molecule has 0 radical (unpaired) electrons. The van der Waals surface area contributed by atoms with Crippen LogP contribution >= 0.6 is 0 Å². The fourth-order valence-electron chi connectivity index (χ4n) is 3.25. The molecule has 0 spiro atoms. The van der Waals surface area contributed by atoms with Crippen LogP contribution in [0.4, 0.5) is 17.5 Å². The molecule has 2 aromatic heterocycles. The number of nitrogens with zero attached hydrogens (tertiary/aromatic N) is 7. The Kier molecular flexibility index (Phi) is 3.92. The first kappa shape index (κ1) is 14.2. The summed E-state index contributed by atoms with van der Waals surface area (Å²) in [4.78, 5) is 24.4. The zero-order valence-corrected chi connectivity index (χ0v) is 13.2. The molecular formula is C16H21N7. The van der Waals surface area contributed by atoms with Crippen molar-refractivity contribution in [1.82, 2.24) is 19.9 Å². The highest BCUT2D eigenvalue weighted by molar-refractivity contribution is 5.52. The number of aromatic nitrogens is 4. The molecule has 2 saturated heterocycles. The summed E-state index contributed by atoms with van der Waals surface area (Å²) in [6.45, 7) is 5.96. The van der Waals surface area contributed by atoms with Gasteiger partial charge in [-0.3, -0.25) is 4.98 Å². The first-order valence-electron chi connectivity index (χ1n) is 8.23. The van der Waals surface area contributed by atoms with Crippen LogP contribution in [0.1, 0.15) is 12.8 Å². The van der Waals surface area contributed by atoms with E-state index in [9.17, 15) is 0 Å². The van der Waals surface area contributed by atoms with Crippen molar-refractivity contribution in [3.8, 4) is 0 Å². The molecule has 0 saturated carbocycles. The molecule has 2 aliphatic rings. The Labute approximate surface area is 136 Å². The van der Waals surface area contributed by atoms with E-state index in [2.05, 4.69) is 40.7 Å². The van der Waals surface area contributed by atoms with Crippen LogP contribution in [0.25, 0.3) is 0 Å². The summed E-state index contributed by atoms with van der Waals surface area (Å²) < 4.78 is 0. The van der Waals surface area contributed by atoms with Crippen LogP contribution < -0.4 is 14.7 Å². The SMILES string of the molecule is c1cnc(N2CCN(c3cc(N4CCCC4)ncn3)CC2)cn1. The molecule has 23 heavy (non-hydrogen) atoms. The van der Waals surface area contributed by atoms with Gasteiger partial charge in [-0.05, 0) is 12.8 Å². The summed E-state index contributed by atoms with van der Waals surface area (Å²) in [6.07, 6.45) is 9.49. The van der Waals surface area contributed by atoms with Crippen molar-refractivity contribution in [2.24, 2.45) is 0 Å². The molecule has 0 unspecified atom stereocenters. The van der Waals surface area contributed by atoms with Gasteiger partial charge in [-0.15, -0.1) is 0 Å². The van der Waals surface area contributed by atoms with Crippen LogP contribution in [0.3, 0.4) is 0 Å². The quantitative estimate of drug-likeness (QED) is 0.844. The highest BCUT2D eigenvalue weighted by Crippen LogP contribution is 2.22. The van der Waals surface area contributed by atoms with Crippen LogP contribution in [0.15, 0.2) is 31.0 Å². The van der Waals surface area contributed by atoms with Crippen molar-refractivity contribution < 1.29 is 0 Å². The van der Waals surface area contributed by atoms with E-state index < -0.39 is 0 Å². The van der Waals surface area contributed by atoms with E-state index in [-0.39, 0.29) is 0 Å². The topological polar surface area (TPSA) is 61.3 Å². The van der Waals surface area contributed by atoms with E-state index in [4.69, 9.17) is 0 Å². The van der Waals surface area contributed by atoms with Crippen molar-refractivity contribution in [3.63, 3.8) is 0 Å². The second kappa shape index (κ2) is 6.36. The van der Waals surface area contributed by atoms with E-state index >= 15 is 0 Å². The summed E-state index contributed by atoms with van der Waals surface area (Å²) in [5.74, 6) is 3.04. The highest BCUT2D eigenvalue weighted by atomic mass is 15.3. The molecule has 2 fully saturated rings. The van der Waals surface area contributed by atoms with E-state index in [1.165, 1.54) is 12.8 Å². The Morgan fingerprint density at radius 2 is 1.26 bits per heavy atom. The van der Waals surface area contributed by atoms with Crippen molar-refractivity contribution in [1.29, 1.82) is 0 Å². The van der Waals surface area contributed by atoms with Gasteiger partial charge in [0.25, 0.3) is 0 Å². The smallest absolute Gasteiger partial charge is 0.147 e. The van der Waals surface area contributed by atoms with E-state index in [1.54, 1.807) is 18.7 Å². The Morgan fingerprint density at radius 1 is 0.652 bits per heavy atom. The summed E-state index contributed by atoms with van der Waals surface area (Å²) in [5.41, 5.74) is 0. The lowest BCUT2D eigenvalue weighted by Gasteiger charge is -2.36. The normalized spacial score (nSPS) is 18.5. The Balaban J connectivity index is 1.43. The van der Waals surface area contributed by atoms with Gasteiger partial charge in [0.1, 0.15) is 23.8 Å². The van der Waals surface area contributed by atoms with Crippen LogP contribution in [0, 0.1) is 0 Å². The van der Waals surface area contributed by atoms with Crippen molar-refractivity contribution >= 4 is 17.5 Å². The third kappa shape index (κ3) is 3.04. The minimum absolute atomic E-state index is 0.932. The molecule has 7 heteroatoms. The van der Waals surface area contributed by atoms with E-state index in [0.717, 1.165) is 56.7 Å². The monoisotopic (exact) mass is 311 g/mol. The van der Waals surface area contributed by atoms with Crippen molar-refractivity contribution in [3.05, 3.63) is 31.0 Å². The van der Waals surface area contributed by atoms with Gasteiger partial charge in [0, 0.05) is 57.7 Å². The summed E-state index contributed by atoms with van der Waals surface area (Å²) >= 11 is 0. The molecule has 0 N–H and O–H groups in total. The molecular weight excluding hydrogens is 290 g/mol. The summed E-state index contributed by atoms with van der Waals surface area (Å²) in [7, 11) is 0. The Morgan fingerprint density at radius 3 is 1.87 bits per heavy atom. The lowest BCUT2D eigenvalue weighted by atomic mass is 10.3. The zero-order chi connectivity index (χ0) is 15.5. The summed E-state index contributed by atoms with van der Waals surface area (Å²) in [6, 6.07) is 2.13. The molecule has 2 aliphatic heterocycles. The Bertz CT molecular complexity index is 634. The number of hydrogen-bond acceptors (Lipinski definition) is 7. The molecule has 0 bridgehead atoms. The molecule has 4 rings (SSSR count). The third-order valence-corrected chi connectivity index (χ3v) is 4.55. The lowest BCUT2D eigenvalue weighted by Crippen LogP contribution is -2.47. The average Bonchev–Trinajstić information content (AvgIpc) is 3.18. The van der Waals surface area contributed by atoms with Gasteiger partial charge in [-0.2, -0.15) is 0 Å². The molecule has 0 aliphatic carbocycles. The van der Waals surface area contributed by atoms with Gasteiger partial charge in [-0.1, -0.05) is 0 Å². The zero-order valence-electron chi connectivity index (χ0n) is 13.2. The van der Waals surface area contributed by atoms with Crippen LogP contribution in [0.5, 0.6) is 0 Å². The molecule has 7 nitrogen and oxygen atoms in total. The number of piperazine rings is 1. The molecule has 0 aromatic carbocycles. The maximum absolute atomic E-state index is 4.47. The van der Waals surface area contributed by atoms with Gasteiger partial charge in [0.05, 0.1) is 6.20 Å². The third-order valence-electron chi connectivity index (χ3n) is 4.55. The second-order valence-electron chi connectivity index (χ2n) is 5.97. The lowest BCUT2D eigenvalue weighted by molar-refractivity contribution is 0.639. The molecule has 0 atom stereocenters. The first-order chi connectivity index (χ1) is 11.4. The average molecular weight is 311 g/mol. The minimum atomic E-state index is 0.932. The number of hydrogen-bond donors (Lipinski definition) is 0. The van der Waals surface area contributed by atoms with Crippen LogP contribution in [-0.2, 0) is 0 Å². The summed E-state index contributed by atoms with van der Waals surface area (Å²) in [5, 5.41) is 0. The van der Waals surface area contributed by atoms with Gasteiger partial charge in [0.2, 0.25) is 0 Å². The van der Waals surface area contributed by atoms with Gasteiger partial charge >= 0.3 is 0 Å². The van der Waals surface area contributed by atoms with Crippen molar-refractivity contribution in [2.45, 2.75) is 12.8 Å². The van der Waals surface area contributed by atoms with Gasteiger partial charge in [0.15, 0.2) is 0 Å². The van der Waals surface area contributed by atoms with E-state index in [1.807, 2.05) is 6.20 Å². The molecule has 2 aromatic rings. The largest absolute Gasteiger partial charge is 0.356 e. The van der Waals surface area contributed by atoms with Gasteiger partial charge in [-0.25, -0.2) is 15.0 Å². The van der Waals surface area contributed by atoms with E-state index in [0.29, 0.717) is 0 Å². The fraction of sp³-hybridized carbons (Fsp3) is 0.500. The maximum Gasteiger partial charge on any atom is 0.147 e. The molecule has 4 heterocycles. The highest BCUT2D eigenvalue weighted by Gasteiger charge is 2.21. The standard InChI is InChI=1S/C16H21N7/c1-2-6-21(5-1)14-11-15(20-13-19-14)22-7-9-23(10-8-22)16-12-17-3-4-18-16/h3-4,11-13H,1-2,5-10H2.